The molecule has 1 aliphatic carbocycles. The lowest BCUT2D eigenvalue weighted by Gasteiger charge is -2.15. The van der Waals surface area contributed by atoms with E-state index < -0.39 is 12.1 Å². The number of hydrogen-bond donors (Lipinski definition) is 0. The molecule has 1 aliphatic rings. The number of ether oxygens (including phenoxy) is 2. The zero-order chi connectivity index (χ0) is 19.7. The standard InChI is InChI=1S/C24H22O4/c1-15(23(25)20-11-10-16-8-5-9-17(16)12-20)28-24(26)21-13-18-6-3-4-7-19(18)14-22(21)27-2/h3-4,6-7,10-15H,5,8-9H2,1-2H3/t15-/m1/s1. The Morgan fingerprint density at radius 1 is 0.929 bits per heavy atom. The number of rotatable bonds is 5. The van der Waals surface area contributed by atoms with E-state index in [-0.39, 0.29) is 5.78 Å². The summed E-state index contributed by atoms with van der Waals surface area (Å²) in [6.45, 7) is 1.61. The molecule has 3 aromatic rings. The monoisotopic (exact) mass is 374 g/mol. The molecular formula is C24H22O4. The van der Waals surface area contributed by atoms with Gasteiger partial charge in [-0.05, 0) is 66.3 Å². The molecule has 1 atom stereocenters. The van der Waals surface area contributed by atoms with Crippen molar-refractivity contribution in [1.82, 2.24) is 0 Å². The Labute approximate surface area is 164 Å². The molecule has 0 aromatic heterocycles. The fourth-order valence-corrected chi connectivity index (χ4v) is 3.79. The van der Waals surface area contributed by atoms with Crippen molar-refractivity contribution < 1.29 is 19.1 Å². The summed E-state index contributed by atoms with van der Waals surface area (Å²) < 4.78 is 10.9. The Morgan fingerprint density at radius 2 is 1.64 bits per heavy atom. The highest BCUT2D eigenvalue weighted by atomic mass is 16.5. The number of aryl methyl sites for hydroxylation is 2. The first-order valence-electron chi connectivity index (χ1n) is 9.50. The second-order valence-corrected chi connectivity index (χ2v) is 7.15. The molecule has 0 N–H and O–H groups in total. The van der Waals surface area contributed by atoms with Gasteiger partial charge in [-0.15, -0.1) is 0 Å². The molecule has 0 bridgehead atoms. The third kappa shape index (κ3) is 3.38. The van der Waals surface area contributed by atoms with E-state index in [4.69, 9.17) is 9.47 Å². The molecule has 28 heavy (non-hydrogen) atoms. The van der Waals surface area contributed by atoms with Gasteiger partial charge in [-0.3, -0.25) is 4.79 Å². The average molecular weight is 374 g/mol. The topological polar surface area (TPSA) is 52.6 Å². The van der Waals surface area contributed by atoms with Gasteiger partial charge >= 0.3 is 5.97 Å². The van der Waals surface area contributed by atoms with Gasteiger partial charge < -0.3 is 9.47 Å². The molecule has 0 unspecified atom stereocenters. The van der Waals surface area contributed by atoms with E-state index >= 15 is 0 Å². The van der Waals surface area contributed by atoms with Gasteiger partial charge in [0.15, 0.2) is 6.10 Å². The van der Waals surface area contributed by atoms with Crippen molar-refractivity contribution >= 4 is 22.5 Å². The van der Waals surface area contributed by atoms with Gasteiger partial charge in [0.25, 0.3) is 0 Å². The van der Waals surface area contributed by atoms with Gasteiger partial charge in [0, 0.05) is 5.56 Å². The maximum atomic E-state index is 12.8. The van der Waals surface area contributed by atoms with Gasteiger partial charge in [0.05, 0.1) is 7.11 Å². The first kappa shape index (κ1) is 18.2. The third-order valence-electron chi connectivity index (χ3n) is 5.32. The summed E-state index contributed by atoms with van der Waals surface area (Å²) in [5, 5.41) is 1.88. The van der Waals surface area contributed by atoms with Gasteiger partial charge in [-0.1, -0.05) is 36.4 Å². The van der Waals surface area contributed by atoms with Crippen molar-refractivity contribution in [2.75, 3.05) is 7.11 Å². The van der Waals surface area contributed by atoms with Crippen LogP contribution >= 0.6 is 0 Å². The highest BCUT2D eigenvalue weighted by Crippen LogP contribution is 2.27. The Hall–Kier alpha value is -3.14. The van der Waals surface area contributed by atoms with Gasteiger partial charge in [-0.25, -0.2) is 4.79 Å². The number of carbonyl (C=O) groups is 2. The Morgan fingerprint density at radius 3 is 2.39 bits per heavy atom. The number of methoxy groups -OCH3 is 1. The average Bonchev–Trinajstić information content (AvgIpc) is 3.19. The van der Waals surface area contributed by atoms with Crippen molar-refractivity contribution in [2.24, 2.45) is 0 Å². The summed E-state index contributed by atoms with van der Waals surface area (Å²) in [4.78, 5) is 25.5. The quantitative estimate of drug-likeness (QED) is 0.477. The van der Waals surface area contributed by atoms with Gasteiger partial charge in [-0.2, -0.15) is 0 Å². The zero-order valence-electron chi connectivity index (χ0n) is 16.0. The predicted molar refractivity (Wildman–Crippen MR) is 108 cm³/mol. The SMILES string of the molecule is COc1cc2ccccc2cc1C(=O)O[C@H](C)C(=O)c1ccc2c(c1)CCC2. The molecule has 0 aliphatic heterocycles. The molecule has 0 amide bonds. The van der Waals surface area contributed by atoms with Crippen LogP contribution in [0.1, 0.15) is 45.2 Å². The Kier molecular flexibility index (Phi) is 4.86. The van der Waals surface area contributed by atoms with Crippen LogP contribution in [0, 0.1) is 0 Å². The van der Waals surface area contributed by atoms with E-state index in [9.17, 15) is 9.59 Å². The molecule has 0 fully saturated rings. The summed E-state index contributed by atoms with van der Waals surface area (Å²) >= 11 is 0. The first-order chi connectivity index (χ1) is 13.6. The van der Waals surface area contributed by atoms with Crippen LogP contribution in [0.2, 0.25) is 0 Å². The van der Waals surface area contributed by atoms with Crippen LogP contribution in [0.25, 0.3) is 10.8 Å². The van der Waals surface area contributed by atoms with E-state index in [1.54, 1.807) is 19.1 Å². The second kappa shape index (κ2) is 7.47. The fourth-order valence-electron chi connectivity index (χ4n) is 3.79. The molecule has 3 aromatic carbocycles. The van der Waals surface area contributed by atoms with Crippen LogP contribution in [-0.2, 0) is 17.6 Å². The number of benzene rings is 3. The maximum Gasteiger partial charge on any atom is 0.342 e. The summed E-state index contributed by atoms with van der Waals surface area (Å²) in [6.07, 6.45) is 2.32. The predicted octanol–water partition coefficient (Wildman–Crippen LogP) is 4.77. The molecule has 142 valence electrons. The second-order valence-electron chi connectivity index (χ2n) is 7.15. The van der Waals surface area contributed by atoms with Crippen LogP contribution in [0.3, 0.4) is 0 Å². The molecule has 4 rings (SSSR count). The molecule has 0 heterocycles. The smallest absolute Gasteiger partial charge is 0.342 e. The molecule has 0 saturated heterocycles. The Bertz CT molecular complexity index is 1070. The highest BCUT2D eigenvalue weighted by Gasteiger charge is 2.24. The van der Waals surface area contributed by atoms with E-state index in [0.29, 0.717) is 16.9 Å². The fraction of sp³-hybridized carbons (Fsp3) is 0.250. The van der Waals surface area contributed by atoms with Crippen LogP contribution in [0.15, 0.2) is 54.6 Å². The normalized spacial score (nSPS) is 13.8. The van der Waals surface area contributed by atoms with Crippen LogP contribution in [0.5, 0.6) is 5.75 Å². The minimum absolute atomic E-state index is 0.192. The number of fused-ring (bicyclic) bond motifs is 2. The van der Waals surface area contributed by atoms with Crippen LogP contribution < -0.4 is 4.74 Å². The number of ketones is 1. The van der Waals surface area contributed by atoms with E-state index in [1.165, 1.54) is 18.2 Å². The first-order valence-corrected chi connectivity index (χ1v) is 9.50. The lowest BCUT2D eigenvalue weighted by molar-refractivity contribution is 0.0316. The van der Waals surface area contributed by atoms with Crippen LogP contribution in [-0.4, -0.2) is 25.0 Å². The molecule has 0 saturated carbocycles. The number of carbonyl (C=O) groups excluding carboxylic acids is 2. The third-order valence-corrected chi connectivity index (χ3v) is 5.32. The van der Waals surface area contributed by atoms with Crippen molar-refractivity contribution in [3.8, 4) is 5.75 Å². The summed E-state index contributed by atoms with van der Waals surface area (Å²) in [5.74, 6) is -0.326. The van der Waals surface area contributed by atoms with Crippen molar-refractivity contribution in [3.63, 3.8) is 0 Å². The van der Waals surface area contributed by atoms with Crippen molar-refractivity contribution in [1.29, 1.82) is 0 Å². The zero-order valence-corrected chi connectivity index (χ0v) is 16.0. The lowest BCUT2D eigenvalue weighted by atomic mass is 10.0. The van der Waals surface area contributed by atoms with Crippen molar-refractivity contribution in [3.05, 3.63) is 76.9 Å². The minimum Gasteiger partial charge on any atom is -0.496 e. The summed E-state index contributed by atoms with van der Waals surface area (Å²) in [7, 11) is 1.51. The van der Waals surface area contributed by atoms with E-state index in [2.05, 4.69) is 0 Å². The summed E-state index contributed by atoms with van der Waals surface area (Å²) in [6, 6.07) is 17.0. The molecular weight excluding hydrogens is 352 g/mol. The van der Waals surface area contributed by atoms with Gasteiger partial charge in [0.2, 0.25) is 5.78 Å². The molecule has 4 nitrogen and oxygen atoms in total. The number of esters is 1. The van der Waals surface area contributed by atoms with Crippen molar-refractivity contribution in [2.45, 2.75) is 32.3 Å². The number of hydrogen-bond acceptors (Lipinski definition) is 4. The van der Waals surface area contributed by atoms with Gasteiger partial charge in [0.1, 0.15) is 11.3 Å². The largest absolute Gasteiger partial charge is 0.496 e. The number of Topliss-reactive ketones (excluding diaryl/α,β-unsaturated/α-hetero) is 1. The highest BCUT2D eigenvalue weighted by molar-refractivity contribution is 6.03. The van der Waals surface area contributed by atoms with E-state index in [1.807, 2.05) is 42.5 Å². The van der Waals surface area contributed by atoms with Crippen LogP contribution in [0.4, 0.5) is 0 Å². The molecule has 0 radical (unpaired) electrons. The Balaban J connectivity index is 1.56. The maximum absolute atomic E-state index is 12.8. The molecule has 4 heteroatoms. The summed E-state index contributed by atoms with van der Waals surface area (Å²) in [5.41, 5.74) is 3.43. The minimum atomic E-state index is -0.872. The lowest BCUT2D eigenvalue weighted by Crippen LogP contribution is -2.24. The molecule has 0 spiro atoms. The van der Waals surface area contributed by atoms with E-state index in [0.717, 1.165) is 30.0 Å².